The number of fused-ring (bicyclic) bond motifs is 1. The number of phenols is 1. The maximum absolute atomic E-state index is 9.34. The number of phenolic OH excluding ortho intramolecular Hbond substituents is 1. The van der Waals surface area contributed by atoms with Crippen LogP contribution in [0.1, 0.15) is 18.3 Å². The molecule has 0 radical (unpaired) electrons. The Morgan fingerprint density at radius 3 is 2.53 bits per heavy atom. The van der Waals surface area contributed by atoms with E-state index in [1.807, 2.05) is 30.3 Å². The molecule has 1 N–H and O–H groups in total. The van der Waals surface area contributed by atoms with Crippen molar-refractivity contribution < 1.29 is 5.11 Å². The molecular weight excluding hydrogens is 236 g/mol. The Balaban J connectivity index is 2.06. The predicted octanol–water partition coefficient (Wildman–Crippen LogP) is 3.35. The normalized spacial score (nSPS) is 11.0. The predicted molar refractivity (Wildman–Crippen MR) is 76.3 cm³/mol. The SMILES string of the molecule is CCc1nc2ccccc2n1Cc1ccc(O)cc1. The van der Waals surface area contributed by atoms with Crippen LogP contribution in [0.3, 0.4) is 0 Å². The second-order valence-corrected chi connectivity index (χ2v) is 4.62. The highest BCUT2D eigenvalue weighted by atomic mass is 16.3. The zero-order valence-electron chi connectivity index (χ0n) is 10.9. The summed E-state index contributed by atoms with van der Waals surface area (Å²) in [6.07, 6.45) is 0.909. The fourth-order valence-corrected chi connectivity index (χ4v) is 2.36. The lowest BCUT2D eigenvalue weighted by Gasteiger charge is -2.08. The number of hydrogen-bond acceptors (Lipinski definition) is 2. The van der Waals surface area contributed by atoms with E-state index in [4.69, 9.17) is 0 Å². The van der Waals surface area contributed by atoms with E-state index in [9.17, 15) is 5.11 Å². The van der Waals surface area contributed by atoms with Crippen LogP contribution in [0.15, 0.2) is 48.5 Å². The number of aryl methyl sites for hydroxylation is 1. The highest BCUT2D eigenvalue weighted by Crippen LogP contribution is 2.19. The van der Waals surface area contributed by atoms with E-state index in [1.54, 1.807) is 12.1 Å². The van der Waals surface area contributed by atoms with Gasteiger partial charge in [0.05, 0.1) is 11.0 Å². The molecule has 96 valence electrons. The van der Waals surface area contributed by atoms with Gasteiger partial charge in [0.15, 0.2) is 0 Å². The van der Waals surface area contributed by atoms with Gasteiger partial charge in [0.1, 0.15) is 11.6 Å². The Morgan fingerprint density at radius 2 is 1.79 bits per heavy atom. The molecule has 3 rings (SSSR count). The molecule has 0 aliphatic carbocycles. The molecule has 0 spiro atoms. The van der Waals surface area contributed by atoms with Crippen LogP contribution in [0.2, 0.25) is 0 Å². The van der Waals surface area contributed by atoms with Crippen LogP contribution in [-0.4, -0.2) is 14.7 Å². The van der Waals surface area contributed by atoms with Crippen LogP contribution in [0, 0.1) is 0 Å². The molecular formula is C16H16N2O. The number of benzene rings is 2. The molecule has 0 unspecified atom stereocenters. The van der Waals surface area contributed by atoms with Crippen molar-refractivity contribution >= 4 is 11.0 Å². The molecule has 3 nitrogen and oxygen atoms in total. The van der Waals surface area contributed by atoms with Gasteiger partial charge in [-0.25, -0.2) is 4.98 Å². The topological polar surface area (TPSA) is 38.0 Å². The lowest BCUT2D eigenvalue weighted by Crippen LogP contribution is -2.04. The summed E-state index contributed by atoms with van der Waals surface area (Å²) in [5.74, 6) is 1.39. The fraction of sp³-hybridized carbons (Fsp3) is 0.188. The molecule has 1 heterocycles. The second-order valence-electron chi connectivity index (χ2n) is 4.62. The third kappa shape index (κ3) is 2.19. The first kappa shape index (κ1) is 11.8. The maximum atomic E-state index is 9.34. The number of aromatic hydroxyl groups is 1. The number of hydrogen-bond donors (Lipinski definition) is 1. The maximum Gasteiger partial charge on any atom is 0.115 e. The van der Waals surface area contributed by atoms with E-state index in [0.29, 0.717) is 5.75 Å². The quantitative estimate of drug-likeness (QED) is 0.776. The van der Waals surface area contributed by atoms with Crippen LogP contribution in [0.5, 0.6) is 5.75 Å². The highest BCUT2D eigenvalue weighted by molar-refractivity contribution is 5.76. The van der Waals surface area contributed by atoms with Crippen LogP contribution in [0.4, 0.5) is 0 Å². The highest BCUT2D eigenvalue weighted by Gasteiger charge is 2.08. The Hall–Kier alpha value is -2.29. The van der Waals surface area contributed by atoms with Gasteiger partial charge < -0.3 is 9.67 Å². The van der Waals surface area contributed by atoms with E-state index in [1.165, 1.54) is 0 Å². The van der Waals surface area contributed by atoms with Crippen molar-refractivity contribution in [3.63, 3.8) is 0 Å². The summed E-state index contributed by atoms with van der Waals surface area (Å²) in [6.45, 7) is 2.90. The summed E-state index contributed by atoms with van der Waals surface area (Å²) in [4.78, 5) is 4.66. The van der Waals surface area contributed by atoms with Gasteiger partial charge in [-0.15, -0.1) is 0 Å². The Morgan fingerprint density at radius 1 is 1.05 bits per heavy atom. The molecule has 0 amide bonds. The van der Waals surface area contributed by atoms with Crippen LogP contribution < -0.4 is 0 Å². The van der Waals surface area contributed by atoms with Crippen molar-refractivity contribution in [3.8, 4) is 5.75 Å². The van der Waals surface area contributed by atoms with Crippen molar-refractivity contribution in [2.45, 2.75) is 19.9 Å². The minimum absolute atomic E-state index is 0.301. The van der Waals surface area contributed by atoms with Crippen LogP contribution in [0.25, 0.3) is 11.0 Å². The average Bonchev–Trinajstić information content (AvgIpc) is 2.79. The largest absolute Gasteiger partial charge is 0.508 e. The zero-order valence-corrected chi connectivity index (χ0v) is 10.9. The molecule has 19 heavy (non-hydrogen) atoms. The molecule has 0 atom stereocenters. The summed E-state index contributed by atoms with van der Waals surface area (Å²) in [6, 6.07) is 15.5. The number of para-hydroxylation sites is 2. The smallest absolute Gasteiger partial charge is 0.115 e. The lowest BCUT2D eigenvalue weighted by molar-refractivity contribution is 0.475. The van der Waals surface area contributed by atoms with E-state index in [0.717, 1.165) is 35.4 Å². The monoisotopic (exact) mass is 252 g/mol. The molecule has 0 aliphatic heterocycles. The lowest BCUT2D eigenvalue weighted by atomic mass is 10.2. The van der Waals surface area contributed by atoms with E-state index in [2.05, 4.69) is 22.5 Å². The van der Waals surface area contributed by atoms with Gasteiger partial charge >= 0.3 is 0 Å². The van der Waals surface area contributed by atoms with Crippen molar-refractivity contribution in [1.82, 2.24) is 9.55 Å². The molecule has 3 heteroatoms. The van der Waals surface area contributed by atoms with Crippen molar-refractivity contribution in [3.05, 3.63) is 59.9 Å². The second kappa shape index (κ2) is 4.76. The summed E-state index contributed by atoms with van der Waals surface area (Å²) < 4.78 is 2.24. The summed E-state index contributed by atoms with van der Waals surface area (Å²) in [5.41, 5.74) is 3.36. The van der Waals surface area contributed by atoms with Crippen molar-refractivity contribution in [1.29, 1.82) is 0 Å². The number of aromatic nitrogens is 2. The summed E-state index contributed by atoms with van der Waals surface area (Å²) >= 11 is 0. The van der Waals surface area contributed by atoms with Crippen LogP contribution >= 0.6 is 0 Å². The average molecular weight is 252 g/mol. The molecule has 0 saturated heterocycles. The standard InChI is InChI=1S/C16H16N2O/c1-2-16-17-14-5-3-4-6-15(14)18(16)11-12-7-9-13(19)10-8-12/h3-10,19H,2,11H2,1H3. The minimum atomic E-state index is 0.301. The van der Waals surface area contributed by atoms with Crippen LogP contribution in [-0.2, 0) is 13.0 Å². The molecule has 3 aromatic rings. The van der Waals surface area contributed by atoms with Gasteiger partial charge in [-0.3, -0.25) is 0 Å². The summed E-state index contributed by atoms with van der Waals surface area (Å²) in [7, 11) is 0. The number of rotatable bonds is 3. The molecule has 2 aromatic carbocycles. The van der Waals surface area contributed by atoms with Gasteiger partial charge in [-0.2, -0.15) is 0 Å². The Bertz CT molecular complexity index is 698. The molecule has 0 bridgehead atoms. The Labute approximate surface area is 112 Å². The number of imidazole rings is 1. The van der Waals surface area contributed by atoms with E-state index in [-0.39, 0.29) is 0 Å². The fourth-order valence-electron chi connectivity index (χ4n) is 2.36. The first-order valence-electron chi connectivity index (χ1n) is 6.50. The number of nitrogens with zero attached hydrogens (tertiary/aromatic N) is 2. The molecule has 0 fully saturated rings. The summed E-state index contributed by atoms with van der Waals surface area (Å²) in [5, 5.41) is 9.34. The van der Waals surface area contributed by atoms with Crippen molar-refractivity contribution in [2.24, 2.45) is 0 Å². The first-order valence-corrected chi connectivity index (χ1v) is 6.50. The minimum Gasteiger partial charge on any atom is -0.508 e. The van der Waals surface area contributed by atoms with E-state index < -0.39 is 0 Å². The molecule has 0 aliphatic rings. The van der Waals surface area contributed by atoms with Gasteiger partial charge in [0, 0.05) is 13.0 Å². The Kier molecular flexibility index (Phi) is 2.95. The van der Waals surface area contributed by atoms with Crippen molar-refractivity contribution in [2.75, 3.05) is 0 Å². The molecule has 0 saturated carbocycles. The third-order valence-electron chi connectivity index (χ3n) is 3.33. The van der Waals surface area contributed by atoms with Gasteiger partial charge in [0.2, 0.25) is 0 Å². The third-order valence-corrected chi connectivity index (χ3v) is 3.33. The van der Waals surface area contributed by atoms with Gasteiger partial charge in [-0.05, 0) is 29.8 Å². The van der Waals surface area contributed by atoms with E-state index >= 15 is 0 Å². The molecule has 1 aromatic heterocycles. The first-order chi connectivity index (χ1) is 9.28. The zero-order chi connectivity index (χ0) is 13.2. The van der Waals surface area contributed by atoms with Gasteiger partial charge in [-0.1, -0.05) is 31.2 Å². The van der Waals surface area contributed by atoms with Gasteiger partial charge in [0.25, 0.3) is 0 Å².